The van der Waals surface area contributed by atoms with Crippen molar-refractivity contribution in [3.05, 3.63) is 78.8 Å². The van der Waals surface area contributed by atoms with E-state index in [1.165, 1.54) is 12.5 Å². The molecule has 1 saturated heterocycles. The number of hydrogen-bond acceptors (Lipinski definition) is 6. The average molecular weight is 581 g/mol. The van der Waals surface area contributed by atoms with Crippen molar-refractivity contribution in [3.8, 4) is 11.3 Å². The van der Waals surface area contributed by atoms with E-state index in [1.807, 2.05) is 17.0 Å². The summed E-state index contributed by atoms with van der Waals surface area (Å²) in [6.07, 6.45) is 7.28. The predicted molar refractivity (Wildman–Crippen MR) is 167 cm³/mol. The molecular weight excluding hydrogens is 540 g/mol. The van der Waals surface area contributed by atoms with Crippen LogP contribution in [0.2, 0.25) is 0 Å². The van der Waals surface area contributed by atoms with Crippen molar-refractivity contribution in [1.29, 1.82) is 0 Å². The summed E-state index contributed by atoms with van der Waals surface area (Å²) in [7, 11) is 0. The van der Waals surface area contributed by atoms with Crippen molar-refractivity contribution in [2.45, 2.75) is 65.6 Å². The van der Waals surface area contributed by atoms with Gasteiger partial charge in [0.1, 0.15) is 0 Å². The Morgan fingerprint density at radius 1 is 1.19 bits per heavy atom. The molecule has 1 aliphatic carbocycles. The van der Waals surface area contributed by atoms with Gasteiger partial charge >= 0.3 is 0 Å². The van der Waals surface area contributed by atoms with Crippen LogP contribution in [0.1, 0.15) is 68.9 Å². The smallest absolute Gasteiger partial charge is 0.257 e. The Bertz CT molecular complexity index is 1640. The van der Waals surface area contributed by atoms with Gasteiger partial charge in [0.2, 0.25) is 11.9 Å². The van der Waals surface area contributed by atoms with E-state index in [2.05, 4.69) is 72.7 Å². The number of nitrogens with one attached hydrogen (secondary N) is 2. The number of anilines is 1. The molecule has 2 fully saturated rings. The maximum absolute atomic E-state index is 13.4. The number of nitrogens with zero attached hydrogens (tertiary/aromatic N) is 4. The maximum Gasteiger partial charge on any atom is 0.257 e. The van der Waals surface area contributed by atoms with Gasteiger partial charge in [-0.1, -0.05) is 45.5 Å². The third-order valence-electron chi connectivity index (χ3n) is 9.38. The molecule has 9 nitrogen and oxygen atoms in total. The van der Waals surface area contributed by atoms with Crippen LogP contribution < -0.4 is 10.6 Å². The van der Waals surface area contributed by atoms with Crippen LogP contribution in [0.25, 0.3) is 22.4 Å². The highest BCUT2D eigenvalue weighted by Gasteiger charge is 2.50. The first-order valence-electron chi connectivity index (χ1n) is 15.0. The van der Waals surface area contributed by atoms with Crippen LogP contribution in [0.5, 0.6) is 0 Å². The van der Waals surface area contributed by atoms with Crippen LogP contribution in [-0.4, -0.2) is 50.4 Å². The van der Waals surface area contributed by atoms with E-state index in [-0.39, 0.29) is 28.7 Å². The summed E-state index contributed by atoms with van der Waals surface area (Å²) < 4.78 is 7.57. The number of likely N-dealkylation sites (tertiary alicyclic amines) is 1. The second kappa shape index (κ2) is 11.1. The largest absolute Gasteiger partial charge is 0.444 e. The molecule has 2 aromatic heterocycles. The van der Waals surface area contributed by atoms with E-state index in [9.17, 15) is 9.59 Å². The molecule has 224 valence electrons. The summed E-state index contributed by atoms with van der Waals surface area (Å²) in [5.74, 6) is 0.969. The molecular formula is C34H40N6O3. The SMILES string of the molecule is C=CC(=O)N1CCC2(CC(n3c(NC(=O)c4ccc(-c5cnco5)cc4)nc4cc(CN[C@@H](C)C(C)(C)C)ccc43)C2)C1. The highest BCUT2D eigenvalue weighted by atomic mass is 16.3. The van der Waals surface area contributed by atoms with Crippen molar-refractivity contribution < 1.29 is 14.0 Å². The molecule has 3 heterocycles. The number of fused-ring (bicyclic) bond motifs is 1. The number of imidazole rings is 1. The lowest BCUT2D eigenvalue weighted by Crippen LogP contribution is -2.42. The van der Waals surface area contributed by atoms with Gasteiger partial charge in [-0.15, -0.1) is 0 Å². The number of carbonyl (C=O) groups is 2. The number of rotatable bonds is 8. The van der Waals surface area contributed by atoms with Gasteiger partial charge in [0.25, 0.3) is 5.91 Å². The highest BCUT2D eigenvalue weighted by molar-refractivity contribution is 6.04. The highest BCUT2D eigenvalue weighted by Crippen LogP contribution is 2.55. The van der Waals surface area contributed by atoms with Crippen molar-refractivity contribution >= 4 is 28.8 Å². The minimum atomic E-state index is -0.223. The molecule has 1 spiro atoms. The fourth-order valence-corrected chi connectivity index (χ4v) is 6.32. The van der Waals surface area contributed by atoms with Gasteiger partial charge in [0.05, 0.1) is 17.2 Å². The van der Waals surface area contributed by atoms with Crippen molar-refractivity contribution in [1.82, 2.24) is 24.8 Å². The molecule has 2 aromatic carbocycles. The predicted octanol–water partition coefficient (Wildman–Crippen LogP) is 6.21. The summed E-state index contributed by atoms with van der Waals surface area (Å²) in [6, 6.07) is 14.2. The van der Waals surface area contributed by atoms with Gasteiger partial charge in [0, 0.05) is 42.8 Å². The molecule has 0 radical (unpaired) electrons. The lowest BCUT2D eigenvalue weighted by Gasteiger charge is -2.46. The van der Waals surface area contributed by atoms with E-state index in [4.69, 9.17) is 9.40 Å². The van der Waals surface area contributed by atoms with Crippen LogP contribution >= 0.6 is 0 Å². The maximum atomic E-state index is 13.4. The van der Waals surface area contributed by atoms with Crippen LogP contribution in [0.15, 0.2) is 72.1 Å². The average Bonchev–Trinajstić information content (AvgIpc) is 3.73. The van der Waals surface area contributed by atoms with Gasteiger partial charge in [-0.2, -0.15) is 0 Å². The molecule has 4 aromatic rings. The van der Waals surface area contributed by atoms with Gasteiger partial charge in [-0.25, -0.2) is 9.97 Å². The van der Waals surface area contributed by atoms with E-state index in [0.717, 1.165) is 61.1 Å². The summed E-state index contributed by atoms with van der Waals surface area (Å²) in [6.45, 7) is 14.8. The van der Waals surface area contributed by atoms with Gasteiger partial charge in [-0.05, 0) is 72.9 Å². The topological polar surface area (TPSA) is 105 Å². The van der Waals surface area contributed by atoms with E-state index >= 15 is 0 Å². The zero-order valence-electron chi connectivity index (χ0n) is 25.4. The molecule has 1 aliphatic heterocycles. The monoisotopic (exact) mass is 580 g/mol. The Balaban J connectivity index is 1.26. The fraction of sp³-hybridized carbons (Fsp3) is 0.412. The summed E-state index contributed by atoms with van der Waals surface area (Å²) >= 11 is 0. The van der Waals surface area contributed by atoms with Crippen LogP contribution in [0, 0.1) is 10.8 Å². The molecule has 2 amide bonds. The number of hydrogen-bond donors (Lipinski definition) is 2. The van der Waals surface area contributed by atoms with Crippen molar-refractivity contribution in [3.63, 3.8) is 0 Å². The molecule has 0 unspecified atom stereocenters. The van der Waals surface area contributed by atoms with Gasteiger partial charge < -0.3 is 19.2 Å². The van der Waals surface area contributed by atoms with E-state index in [1.54, 1.807) is 18.3 Å². The zero-order chi connectivity index (χ0) is 30.4. The van der Waals surface area contributed by atoms with E-state index in [0.29, 0.717) is 23.3 Å². The molecule has 43 heavy (non-hydrogen) atoms. The third kappa shape index (κ3) is 5.73. The van der Waals surface area contributed by atoms with Gasteiger partial charge in [-0.3, -0.25) is 14.9 Å². The van der Waals surface area contributed by atoms with Gasteiger partial charge in [0.15, 0.2) is 12.2 Å². The van der Waals surface area contributed by atoms with E-state index < -0.39 is 0 Å². The fourth-order valence-electron chi connectivity index (χ4n) is 6.32. The van der Waals surface area contributed by atoms with Crippen LogP contribution in [0.4, 0.5) is 5.95 Å². The van der Waals surface area contributed by atoms with Crippen molar-refractivity contribution in [2.75, 3.05) is 18.4 Å². The Hall–Kier alpha value is -4.24. The normalized spacial score (nSPS) is 20.7. The first-order chi connectivity index (χ1) is 20.5. The second-order valence-electron chi connectivity index (χ2n) is 13.3. The molecule has 2 N–H and O–H groups in total. The Labute approximate surface area is 252 Å². The first-order valence-corrected chi connectivity index (χ1v) is 15.0. The standard InChI is InChI=1S/C34H40N6O3/c1-6-30(41)39-14-13-34(20-39)16-26(17-34)40-28-12-7-23(18-36-22(2)33(3,4)5)15-27(28)37-32(40)38-31(42)25-10-8-24(9-11-25)29-19-35-21-43-29/h6-12,15,19,21-22,26,36H,1,13-14,16-18,20H2,2-5H3,(H,37,38,42)/t22-,26?,34?/m0/s1. The Morgan fingerprint density at radius 3 is 2.63 bits per heavy atom. The minimum absolute atomic E-state index is 0.00222. The summed E-state index contributed by atoms with van der Waals surface area (Å²) in [4.78, 5) is 36.5. The Morgan fingerprint density at radius 2 is 1.95 bits per heavy atom. The molecule has 9 heteroatoms. The molecule has 2 aliphatic rings. The second-order valence-corrected chi connectivity index (χ2v) is 13.3. The first kappa shape index (κ1) is 28.9. The summed E-state index contributed by atoms with van der Waals surface area (Å²) in [5.41, 5.74) is 4.64. The molecule has 6 rings (SSSR count). The van der Waals surface area contributed by atoms with Crippen molar-refractivity contribution in [2.24, 2.45) is 10.8 Å². The Kier molecular flexibility index (Phi) is 7.46. The van der Waals surface area contributed by atoms with Crippen LogP contribution in [-0.2, 0) is 11.3 Å². The molecule has 0 bridgehead atoms. The minimum Gasteiger partial charge on any atom is -0.444 e. The lowest BCUT2D eigenvalue weighted by atomic mass is 9.64. The number of benzene rings is 2. The zero-order valence-corrected chi connectivity index (χ0v) is 25.4. The lowest BCUT2D eigenvalue weighted by molar-refractivity contribution is -0.125. The number of amides is 2. The number of carbonyl (C=O) groups excluding carboxylic acids is 2. The number of oxazole rings is 1. The molecule has 1 atom stereocenters. The number of aromatic nitrogens is 3. The van der Waals surface area contributed by atoms with Crippen LogP contribution in [0.3, 0.4) is 0 Å². The third-order valence-corrected chi connectivity index (χ3v) is 9.38. The molecule has 1 saturated carbocycles. The quantitative estimate of drug-likeness (QED) is 0.240. The summed E-state index contributed by atoms with van der Waals surface area (Å²) in [5, 5.41) is 6.74.